The number of benzene rings is 1. The van der Waals surface area contributed by atoms with Gasteiger partial charge in [-0.05, 0) is 49.4 Å². The van der Waals surface area contributed by atoms with Crippen molar-refractivity contribution < 1.29 is 23.8 Å². The summed E-state index contributed by atoms with van der Waals surface area (Å²) >= 11 is 0. The molecule has 0 amide bonds. The summed E-state index contributed by atoms with van der Waals surface area (Å²) < 4.78 is 15.7. The van der Waals surface area contributed by atoms with Crippen LogP contribution in [0.1, 0.15) is 92.4 Å². The molecular weight excluding hydrogens is 368 g/mol. The van der Waals surface area contributed by atoms with Crippen LogP contribution in [0.25, 0.3) is 0 Å². The van der Waals surface area contributed by atoms with Crippen LogP contribution in [0.2, 0.25) is 0 Å². The van der Waals surface area contributed by atoms with E-state index in [2.05, 4.69) is 13.8 Å². The van der Waals surface area contributed by atoms with Gasteiger partial charge in [0.1, 0.15) is 0 Å². The Hall–Kier alpha value is -1.88. The predicted molar refractivity (Wildman–Crippen MR) is 115 cm³/mol. The van der Waals surface area contributed by atoms with E-state index in [1.165, 1.54) is 32.1 Å². The smallest absolute Gasteiger partial charge is 0.338 e. The summed E-state index contributed by atoms with van der Waals surface area (Å²) in [5, 5.41) is 0. The van der Waals surface area contributed by atoms with Crippen LogP contribution < -0.4 is 0 Å². The molecule has 0 fully saturated rings. The van der Waals surface area contributed by atoms with Crippen molar-refractivity contribution in [3.63, 3.8) is 0 Å². The summed E-state index contributed by atoms with van der Waals surface area (Å²) in [5.74, 6) is -0.272. The zero-order valence-corrected chi connectivity index (χ0v) is 18.4. The molecule has 0 aromatic heterocycles. The third kappa shape index (κ3) is 11.6. The van der Waals surface area contributed by atoms with Gasteiger partial charge in [0.25, 0.3) is 0 Å². The average Bonchev–Trinajstić information content (AvgIpc) is 2.74. The van der Waals surface area contributed by atoms with Crippen molar-refractivity contribution in [3.05, 3.63) is 35.4 Å². The molecule has 0 aliphatic rings. The van der Waals surface area contributed by atoms with E-state index in [4.69, 9.17) is 14.2 Å². The molecule has 1 aromatic carbocycles. The lowest BCUT2D eigenvalue weighted by Gasteiger charge is -2.11. The number of hydrogen-bond donors (Lipinski definition) is 0. The molecule has 0 heterocycles. The minimum atomic E-state index is -0.369. The number of esters is 2. The SMILES string of the molecule is CCCCCCCCCOC(=O)c1ccc(C(=O)OCCC(C)CCOC)cc1. The largest absolute Gasteiger partial charge is 0.462 e. The summed E-state index contributed by atoms with van der Waals surface area (Å²) in [7, 11) is 1.68. The number of rotatable bonds is 16. The van der Waals surface area contributed by atoms with Gasteiger partial charge < -0.3 is 14.2 Å². The summed E-state index contributed by atoms with van der Waals surface area (Å²) in [5.41, 5.74) is 0.899. The van der Waals surface area contributed by atoms with E-state index in [1.54, 1.807) is 31.4 Å². The first-order valence-corrected chi connectivity index (χ1v) is 11.0. The maximum absolute atomic E-state index is 12.1. The second-order valence-electron chi connectivity index (χ2n) is 7.65. The van der Waals surface area contributed by atoms with Crippen LogP contribution in [0.5, 0.6) is 0 Å². The molecule has 0 saturated carbocycles. The Morgan fingerprint density at radius 1 is 0.759 bits per heavy atom. The Morgan fingerprint density at radius 2 is 1.24 bits per heavy atom. The minimum absolute atomic E-state index is 0.345. The van der Waals surface area contributed by atoms with E-state index in [-0.39, 0.29) is 11.9 Å². The molecule has 164 valence electrons. The first-order valence-electron chi connectivity index (χ1n) is 11.0. The highest BCUT2D eigenvalue weighted by molar-refractivity contribution is 5.93. The molecule has 5 heteroatoms. The molecule has 1 aromatic rings. The van der Waals surface area contributed by atoms with E-state index in [0.717, 1.165) is 25.7 Å². The van der Waals surface area contributed by atoms with Gasteiger partial charge in [-0.1, -0.05) is 52.4 Å². The molecule has 0 N–H and O–H groups in total. The summed E-state index contributed by atoms with van der Waals surface area (Å²) in [6.45, 7) is 5.86. The van der Waals surface area contributed by atoms with Crippen LogP contribution in [0.4, 0.5) is 0 Å². The van der Waals surface area contributed by atoms with E-state index in [0.29, 0.717) is 36.9 Å². The minimum Gasteiger partial charge on any atom is -0.462 e. The van der Waals surface area contributed by atoms with E-state index >= 15 is 0 Å². The lowest BCUT2D eigenvalue weighted by atomic mass is 10.1. The van der Waals surface area contributed by atoms with Crippen molar-refractivity contribution in [2.45, 2.75) is 71.6 Å². The van der Waals surface area contributed by atoms with Gasteiger partial charge in [-0.3, -0.25) is 0 Å². The van der Waals surface area contributed by atoms with Crippen molar-refractivity contribution in [3.8, 4) is 0 Å². The highest BCUT2D eigenvalue weighted by Crippen LogP contribution is 2.11. The van der Waals surface area contributed by atoms with Crippen LogP contribution in [0, 0.1) is 5.92 Å². The molecule has 0 radical (unpaired) electrons. The highest BCUT2D eigenvalue weighted by atomic mass is 16.5. The number of unbranched alkanes of at least 4 members (excludes halogenated alkanes) is 6. The van der Waals surface area contributed by atoms with E-state index in [9.17, 15) is 9.59 Å². The summed E-state index contributed by atoms with van der Waals surface area (Å²) in [6, 6.07) is 6.46. The average molecular weight is 407 g/mol. The third-order valence-corrected chi connectivity index (χ3v) is 5.00. The van der Waals surface area contributed by atoms with Crippen molar-refractivity contribution >= 4 is 11.9 Å². The maximum Gasteiger partial charge on any atom is 0.338 e. The van der Waals surface area contributed by atoms with Crippen molar-refractivity contribution in [1.29, 1.82) is 0 Å². The molecule has 29 heavy (non-hydrogen) atoms. The fourth-order valence-electron chi connectivity index (χ4n) is 2.95. The topological polar surface area (TPSA) is 61.8 Å². The number of hydrogen-bond acceptors (Lipinski definition) is 5. The van der Waals surface area contributed by atoms with Gasteiger partial charge in [0.15, 0.2) is 0 Å². The number of methoxy groups -OCH3 is 1. The molecule has 0 spiro atoms. The Balaban J connectivity index is 2.24. The number of carbonyl (C=O) groups excluding carboxylic acids is 2. The zero-order valence-electron chi connectivity index (χ0n) is 18.4. The Labute approximate surface area is 176 Å². The second kappa shape index (κ2) is 16.0. The molecular formula is C24H38O5. The van der Waals surface area contributed by atoms with Crippen LogP contribution >= 0.6 is 0 Å². The lowest BCUT2D eigenvalue weighted by molar-refractivity contribution is 0.0471. The normalized spacial score (nSPS) is 11.8. The lowest BCUT2D eigenvalue weighted by Crippen LogP contribution is -2.11. The maximum atomic E-state index is 12.1. The molecule has 5 nitrogen and oxygen atoms in total. The quantitative estimate of drug-likeness (QED) is 0.256. The van der Waals surface area contributed by atoms with Crippen molar-refractivity contribution in [2.24, 2.45) is 5.92 Å². The number of ether oxygens (including phenoxy) is 3. The Bertz CT molecular complexity index is 567. The molecule has 0 aliphatic heterocycles. The van der Waals surface area contributed by atoms with Gasteiger partial charge in [-0.2, -0.15) is 0 Å². The molecule has 0 saturated heterocycles. The first kappa shape index (κ1) is 25.2. The fraction of sp³-hybridized carbons (Fsp3) is 0.667. The van der Waals surface area contributed by atoms with Gasteiger partial charge in [-0.15, -0.1) is 0 Å². The molecule has 0 bridgehead atoms. The first-order chi connectivity index (χ1) is 14.1. The summed E-state index contributed by atoms with van der Waals surface area (Å²) in [4.78, 5) is 24.2. The van der Waals surface area contributed by atoms with Crippen molar-refractivity contribution in [2.75, 3.05) is 26.9 Å². The van der Waals surface area contributed by atoms with Crippen molar-refractivity contribution in [1.82, 2.24) is 0 Å². The van der Waals surface area contributed by atoms with Crippen LogP contribution in [0.15, 0.2) is 24.3 Å². The number of carbonyl (C=O) groups is 2. The highest BCUT2D eigenvalue weighted by Gasteiger charge is 2.11. The van der Waals surface area contributed by atoms with Gasteiger partial charge in [0.2, 0.25) is 0 Å². The molecule has 1 unspecified atom stereocenters. The van der Waals surface area contributed by atoms with Crippen LogP contribution in [-0.4, -0.2) is 38.9 Å². The predicted octanol–water partition coefficient (Wildman–Crippen LogP) is 5.81. The van der Waals surface area contributed by atoms with E-state index in [1.807, 2.05) is 0 Å². The zero-order chi connectivity index (χ0) is 21.3. The summed E-state index contributed by atoms with van der Waals surface area (Å²) in [6.07, 6.45) is 10.0. The standard InChI is InChI=1S/C24H38O5/c1-4-5-6-7-8-9-10-17-28-23(25)21-11-13-22(14-12-21)24(26)29-19-16-20(2)15-18-27-3/h11-14,20H,4-10,15-19H2,1-3H3. The molecule has 1 atom stereocenters. The molecule has 1 rings (SSSR count). The van der Waals surface area contributed by atoms with E-state index < -0.39 is 0 Å². The monoisotopic (exact) mass is 406 g/mol. The molecule has 0 aliphatic carbocycles. The Morgan fingerprint density at radius 3 is 1.79 bits per heavy atom. The second-order valence-corrected chi connectivity index (χ2v) is 7.65. The Kier molecular flexibility index (Phi) is 13.9. The fourth-order valence-corrected chi connectivity index (χ4v) is 2.95. The van der Waals surface area contributed by atoms with Crippen LogP contribution in [-0.2, 0) is 14.2 Å². The van der Waals surface area contributed by atoms with Gasteiger partial charge in [-0.25, -0.2) is 9.59 Å². The van der Waals surface area contributed by atoms with Gasteiger partial charge >= 0.3 is 11.9 Å². The third-order valence-electron chi connectivity index (χ3n) is 5.00. The van der Waals surface area contributed by atoms with Gasteiger partial charge in [0, 0.05) is 13.7 Å². The van der Waals surface area contributed by atoms with Gasteiger partial charge in [0.05, 0.1) is 24.3 Å². The van der Waals surface area contributed by atoms with Crippen LogP contribution in [0.3, 0.4) is 0 Å².